The molecule has 0 aliphatic rings. The number of aryl methyl sites for hydroxylation is 1. The molecule has 2 rings (SSSR count). The summed E-state index contributed by atoms with van der Waals surface area (Å²) in [5.41, 5.74) is 2.37. The van der Waals surface area contributed by atoms with Crippen LogP contribution in [0.4, 0.5) is 11.4 Å². The zero-order chi connectivity index (χ0) is 13.0. The number of rotatable bonds is 5. The predicted octanol–water partition coefficient (Wildman–Crippen LogP) is 3.38. The van der Waals surface area contributed by atoms with Gasteiger partial charge in [0.25, 0.3) is 0 Å². The van der Waals surface area contributed by atoms with Gasteiger partial charge in [0.15, 0.2) is 0 Å². The van der Waals surface area contributed by atoms with Crippen LogP contribution >= 0.6 is 11.3 Å². The van der Waals surface area contributed by atoms with Gasteiger partial charge in [-0.05, 0) is 18.6 Å². The summed E-state index contributed by atoms with van der Waals surface area (Å²) in [5.74, 6) is 0. The van der Waals surface area contributed by atoms with Crippen molar-refractivity contribution in [3.8, 4) is 0 Å². The summed E-state index contributed by atoms with van der Waals surface area (Å²) in [6.07, 6.45) is 2.98. The Kier molecular flexibility index (Phi) is 4.20. The number of hydrogen-bond donors (Lipinski definition) is 1. The van der Waals surface area contributed by atoms with E-state index in [2.05, 4.69) is 60.5 Å². The minimum absolute atomic E-state index is 0.836. The van der Waals surface area contributed by atoms with Crippen LogP contribution in [-0.4, -0.2) is 19.1 Å². The van der Waals surface area contributed by atoms with Crippen molar-refractivity contribution in [3.05, 3.63) is 40.3 Å². The van der Waals surface area contributed by atoms with Crippen molar-refractivity contribution < 1.29 is 0 Å². The Morgan fingerprint density at radius 2 is 2.06 bits per heavy atom. The largest absolute Gasteiger partial charge is 0.378 e. The maximum Gasteiger partial charge on any atom is 0.0925 e. The van der Waals surface area contributed by atoms with E-state index in [0.29, 0.717) is 0 Å². The first-order chi connectivity index (χ1) is 8.70. The Hall–Kier alpha value is -1.55. The van der Waals surface area contributed by atoms with Crippen molar-refractivity contribution in [2.75, 3.05) is 24.3 Å². The number of benzene rings is 1. The highest BCUT2D eigenvalue weighted by Gasteiger charge is 2.04. The Bertz CT molecular complexity index is 505. The zero-order valence-corrected chi connectivity index (χ0v) is 11.9. The van der Waals surface area contributed by atoms with Gasteiger partial charge in [-0.15, -0.1) is 11.3 Å². The Morgan fingerprint density at radius 1 is 1.28 bits per heavy atom. The number of hydrogen-bond acceptors (Lipinski definition) is 4. The van der Waals surface area contributed by atoms with Gasteiger partial charge in [0.1, 0.15) is 0 Å². The third-order valence-corrected chi connectivity index (χ3v) is 3.88. The molecule has 0 atom stereocenters. The van der Waals surface area contributed by atoms with E-state index in [9.17, 15) is 0 Å². The van der Waals surface area contributed by atoms with E-state index in [1.54, 1.807) is 11.3 Å². The Morgan fingerprint density at radius 3 is 2.72 bits per heavy atom. The van der Waals surface area contributed by atoms with Crippen LogP contribution in [0.25, 0.3) is 0 Å². The quantitative estimate of drug-likeness (QED) is 0.894. The fourth-order valence-electron chi connectivity index (χ4n) is 1.79. The van der Waals surface area contributed by atoms with E-state index >= 15 is 0 Å². The lowest BCUT2D eigenvalue weighted by Crippen LogP contribution is -2.11. The lowest BCUT2D eigenvalue weighted by atomic mass is 10.2. The van der Waals surface area contributed by atoms with Crippen molar-refractivity contribution in [1.29, 1.82) is 0 Å². The molecule has 4 heteroatoms. The van der Waals surface area contributed by atoms with E-state index in [-0.39, 0.29) is 0 Å². The molecule has 1 N–H and O–H groups in total. The minimum Gasteiger partial charge on any atom is -0.378 e. The molecular formula is C14H19N3S. The van der Waals surface area contributed by atoms with Crippen molar-refractivity contribution >= 4 is 22.7 Å². The van der Waals surface area contributed by atoms with Crippen LogP contribution in [0.15, 0.2) is 30.5 Å². The molecule has 0 aliphatic carbocycles. The maximum absolute atomic E-state index is 4.37. The lowest BCUT2D eigenvalue weighted by Gasteiger charge is -2.17. The van der Waals surface area contributed by atoms with E-state index in [4.69, 9.17) is 0 Å². The van der Waals surface area contributed by atoms with Crippen LogP contribution in [0, 0.1) is 0 Å². The molecular weight excluding hydrogens is 242 g/mol. The summed E-state index contributed by atoms with van der Waals surface area (Å²) < 4.78 is 0. The SMILES string of the molecule is CCc1ncc(CNc2ccccc2N(C)C)s1. The highest BCUT2D eigenvalue weighted by Crippen LogP contribution is 2.24. The van der Waals surface area contributed by atoms with Crippen molar-refractivity contribution in [2.45, 2.75) is 19.9 Å². The summed E-state index contributed by atoms with van der Waals surface area (Å²) in [7, 11) is 4.12. The van der Waals surface area contributed by atoms with Crippen molar-refractivity contribution in [3.63, 3.8) is 0 Å². The second-order valence-corrected chi connectivity index (χ2v) is 5.54. The van der Waals surface area contributed by atoms with Gasteiger partial charge in [0.2, 0.25) is 0 Å². The highest BCUT2D eigenvalue weighted by molar-refractivity contribution is 7.11. The third kappa shape index (κ3) is 3.01. The smallest absolute Gasteiger partial charge is 0.0925 e. The molecule has 0 bridgehead atoms. The molecule has 1 aromatic carbocycles. The summed E-state index contributed by atoms with van der Waals surface area (Å²) in [4.78, 5) is 7.77. The molecule has 0 fully saturated rings. The Labute approximate surface area is 112 Å². The fourth-order valence-corrected chi connectivity index (χ4v) is 2.59. The topological polar surface area (TPSA) is 28.2 Å². The summed E-state index contributed by atoms with van der Waals surface area (Å²) in [6.45, 7) is 2.97. The number of nitrogens with zero attached hydrogens (tertiary/aromatic N) is 2. The summed E-state index contributed by atoms with van der Waals surface area (Å²) >= 11 is 1.78. The van der Waals surface area contributed by atoms with Gasteiger partial charge >= 0.3 is 0 Å². The molecule has 0 radical (unpaired) electrons. The lowest BCUT2D eigenvalue weighted by molar-refractivity contribution is 1.08. The molecule has 0 saturated heterocycles. The van der Waals surface area contributed by atoms with E-state index in [1.165, 1.54) is 15.6 Å². The standard InChI is InChI=1S/C14H19N3S/c1-4-14-16-10-11(18-14)9-15-12-7-5-6-8-13(12)17(2)3/h5-8,10,15H,4,9H2,1-3H3. The number of para-hydroxylation sites is 2. The molecule has 96 valence electrons. The Balaban J connectivity index is 2.05. The summed E-state index contributed by atoms with van der Waals surface area (Å²) in [6, 6.07) is 8.34. The average molecular weight is 261 g/mol. The van der Waals surface area contributed by atoms with Gasteiger partial charge in [0.05, 0.1) is 22.9 Å². The van der Waals surface area contributed by atoms with Gasteiger partial charge in [-0.2, -0.15) is 0 Å². The number of thiazole rings is 1. The van der Waals surface area contributed by atoms with Gasteiger partial charge in [-0.25, -0.2) is 4.98 Å². The second-order valence-electron chi connectivity index (χ2n) is 4.34. The molecule has 18 heavy (non-hydrogen) atoms. The van der Waals surface area contributed by atoms with Crippen LogP contribution in [0.2, 0.25) is 0 Å². The van der Waals surface area contributed by atoms with Gasteiger partial charge in [-0.3, -0.25) is 0 Å². The maximum atomic E-state index is 4.37. The highest BCUT2D eigenvalue weighted by atomic mass is 32.1. The number of aromatic nitrogens is 1. The molecule has 0 saturated carbocycles. The van der Waals surface area contributed by atoms with Crippen LogP contribution < -0.4 is 10.2 Å². The molecule has 1 heterocycles. The predicted molar refractivity (Wildman–Crippen MR) is 79.6 cm³/mol. The molecule has 2 aromatic rings. The van der Waals surface area contributed by atoms with Gasteiger partial charge in [-0.1, -0.05) is 19.1 Å². The van der Waals surface area contributed by atoms with E-state index < -0.39 is 0 Å². The molecule has 0 spiro atoms. The van der Waals surface area contributed by atoms with Crippen LogP contribution in [0.5, 0.6) is 0 Å². The molecule has 3 nitrogen and oxygen atoms in total. The molecule has 1 aromatic heterocycles. The second kappa shape index (κ2) is 5.87. The zero-order valence-electron chi connectivity index (χ0n) is 11.1. The number of nitrogens with one attached hydrogen (secondary N) is 1. The van der Waals surface area contributed by atoms with E-state index in [0.717, 1.165) is 18.7 Å². The van der Waals surface area contributed by atoms with Crippen LogP contribution in [0.1, 0.15) is 16.8 Å². The van der Waals surface area contributed by atoms with Crippen molar-refractivity contribution in [1.82, 2.24) is 4.98 Å². The normalized spacial score (nSPS) is 10.4. The van der Waals surface area contributed by atoms with Crippen LogP contribution in [0.3, 0.4) is 0 Å². The molecule has 0 aliphatic heterocycles. The third-order valence-electron chi connectivity index (χ3n) is 2.74. The fraction of sp³-hybridized carbons (Fsp3) is 0.357. The average Bonchev–Trinajstić information content (AvgIpc) is 2.84. The van der Waals surface area contributed by atoms with Crippen LogP contribution in [-0.2, 0) is 13.0 Å². The molecule has 0 amide bonds. The number of anilines is 2. The monoisotopic (exact) mass is 261 g/mol. The first-order valence-electron chi connectivity index (χ1n) is 6.14. The van der Waals surface area contributed by atoms with Crippen molar-refractivity contribution in [2.24, 2.45) is 0 Å². The van der Waals surface area contributed by atoms with Gasteiger partial charge in [0, 0.05) is 25.2 Å². The van der Waals surface area contributed by atoms with E-state index in [1.807, 2.05) is 6.20 Å². The summed E-state index contributed by atoms with van der Waals surface area (Å²) in [5, 5.41) is 4.68. The van der Waals surface area contributed by atoms with Gasteiger partial charge < -0.3 is 10.2 Å². The first kappa shape index (κ1) is 12.9. The molecule has 0 unspecified atom stereocenters. The minimum atomic E-state index is 0.836. The first-order valence-corrected chi connectivity index (χ1v) is 6.96.